The minimum absolute atomic E-state index is 0.173. The van der Waals surface area contributed by atoms with Crippen molar-refractivity contribution in [3.8, 4) is 22.8 Å². The lowest BCUT2D eigenvalue weighted by molar-refractivity contribution is -0.403. The molecule has 0 bridgehead atoms. The highest BCUT2D eigenvalue weighted by atomic mass is 32.2. The summed E-state index contributed by atoms with van der Waals surface area (Å²) in [5.74, 6) is -22.3. The van der Waals surface area contributed by atoms with Gasteiger partial charge < -0.3 is 4.57 Å². The first kappa shape index (κ1) is 29.3. The van der Waals surface area contributed by atoms with Crippen molar-refractivity contribution < 1.29 is 52.3 Å². The van der Waals surface area contributed by atoms with E-state index in [0.29, 0.717) is 4.57 Å². The minimum atomic E-state index is -7.29. The first-order valence-electron chi connectivity index (χ1n) is 10.3. The van der Waals surface area contributed by atoms with Crippen molar-refractivity contribution in [3.05, 3.63) is 48.5 Å². The summed E-state index contributed by atoms with van der Waals surface area (Å²) in [6, 6.07) is 5.75. The number of nitrogens with zero attached hydrogens (tertiary/aromatic N) is 4. The highest BCUT2D eigenvalue weighted by Crippen LogP contribution is 2.57. The van der Waals surface area contributed by atoms with Gasteiger partial charge in [-0.1, -0.05) is 13.0 Å². The molecule has 0 spiro atoms. The predicted octanol–water partition coefficient (Wildman–Crippen LogP) is 5.82. The van der Waals surface area contributed by atoms with Crippen molar-refractivity contribution in [2.45, 2.75) is 41.9 Å². The molecular weight excluding hydrogens is 562 g/mol. The van der Waals surface area contributed by atoms with E-state index in [-0.39, 0.29) is 17.5 Å². The summed E-state index contributed by atoms with van der Waals surface area (Å²) in [4.78, 5) is 10.9. The van der Waals surface area contributed by atoms with Gasteiger partial charge in [0, 0.05) is 25.0 Å². The smallest absolute Gasteiger partial charge is 0.327 e. The molecule has 0 aliphatic rings. The maximum atomic E-state index is 14.7. The van der Waals surface area contributed by atoms with Crippen molar-refractivity contribution >= 4 is 9.84 Å². The summed E-state index contributed by atoms with van der Waals surface area (Å²) in [5.41, 5.74) is -1.64. The Balaban J connectivity index is 2.14. The van der Waals surface area contributed by atoms with Crippen molar-refractivity contribution in [1.29, 1.82) is 0 Å². The molecule has 6 nitrogen and oxygen atoms in total. The summed E-state index contributed by atoms with van der Waals surface area (Å²) in [7, 11) is -3.42. The van der Waals surface area contributed by atoms with Gasteiger partial charge in [0.25, 0.3) is 0 Å². The van der Waals surface area contributed by atoms with E-state index >= 15 is 0 Å². The van der Waals surface area contributed by atoms with Crippen LogP contribution in [0.4, 0.5) is 43.9 Å². The topological polar surface area (TPSA) is 77.7 Å². The fourth-order valence-electron chi connectivity index (χ4n) is 3.29. The zero-order valence-corrected chi connectivity index (χ0v) is 19.9. The van der Waals surface area contributed by atoms with E-state index in [2.05, 4.69) is 15.0 Å². The molecule has 0 saturated carbocycles. The van der Waals surface area contributed by atoms with E-state index in [1.807, 2.05) is 0 Å². The fourth-order valence-corrected chi connectivity index (χ4v) is 4.35. The van der Waals surface area contributed by atoms with Gasteiger partial charge in [0.2, 0.25) is 6.17 Å². The number of alkyl halides is 10. The van der Waals surface area contributed by atoms with Crippen LogP contribution in [0.25, 0.3) is 22.8 Å². The summed E-state index contributed by atoms with van der Waals surface area (Å²) >= 11 is 0. The number of hydrogen-bond acceptors (Lipinski definition) is 5. The third-order valence-corrected chi connectivity index (χ3v) is 7.25. The molecule has 0 radical (unpaired) electrons. The highest BCUT2D eigenvalue weighted by Gasteiger charge is 2.83. The number of imidazole rings is 1. The van der Waals surface area contributed by atoms with Crippen LogP contribution in [0.2, 0.25) is 0 Å². The molecule has 0 aromatic carbocycles. The van der Waals surface area contributed by atoms with Crippen molar-refractivity contribution in [2.75, 3.05) is 5.75 Å². The second kappa shape index (κ2) is 9.50. The van der Waals surface area contributed by atoms with Crippen LogP contribution in [0.3, 0.4) is 0 Å². The number of hydrogen-bond donors (Lipinski definition) is 0. The molecule has 38 heavy (non-hydrogen) atoms. The van der Waals surface area contributed by atoms with Crippen molar-refractivity contribution in [1.82, 2.24) is 19.5 Å². The molecule has 0 saturated heterocycles. The number of aromatic nitrogens is 4. The quantitative estimate of drug-likeness (QED) is 0.315. The number of rotatable bonds is 8. The van der Waals surface area contributed by atoms with E-state index < -0.39 is 67.8 Å². The normalized spacial score (nSPS) is 14.5. The second-order valence-electron chi connectivity index (χ2n) is 7.89. The van der Waals surface area contributed by atoms with E-state index in [1.54, 1.807) is 12.1 Å². The van der Waals surface area contributed by atoms with Gasteiger partial charge in [-0.3, -0.25) is 9.97 Å². The molecule has 0 amide bonds. The molecule has 0 aliphatic carbocycles. The fraction of sp³-hybridized carbons (Fsp3) is 0.381. The molecule has 1 atom stereocenters. The molecule has 0 fully saturated rings. The Morgan fingerprint density at radius 2 is 1.55 bits per heavy atom. The summed E-state index contributed by atoms with van der Waals surface area (Å²) in [6.45, 7) is 1.25. The van der Waals surface area contributed by atoms with Gasteiger partial charge >= 0.3 is 23.9 Å². The van der Waals surface area contributed by atoms with E-state index in [1.165, 1.54) is 19.2 Å². The van der Waals surface area contributed by atoms with E-state index in [9.17, 15) is 52.3 Å². The van der Waals surface area contributed by atoms with E-state index in [0.717, 1.165) is 19.3 Å². The van der Waals surface area contributed by atoms with Crippen molar-refractivity contribution in [2.24, 2.45) is 7.05 Å². The summed E-state index contributed by atoms with van der Waals surface area (Å²) in [5, 5.41) is 0. The third-order valence-electron chi connectivity index (χ3n) is 5.51. The van der Waals surface area contributed by atoms with Gasteiger partial charge in [-0.05, 0) is 18.2 Å². The van der Waals surface area contributed by atoms with Gasteiger partial charge in [-0.25, -0.2) is 17.8 Å². The van der Waals surface area contributed by atoms with Crippen LogP contribution in [0.15, 0.2) is 47.8 Å². The average Bonchev–Trinajstić information content (AvgIpc) is 3.23. The molecule has 17 heteroatoms. The third kappa shape index (κ3) is 4.60. The lowest BCUT2D eigenvalue weighted by atomic mass is 9.98. The summed E-state index contributed by atoms with van der Waals surface area (Å²) < 4.78 is 160. The molecule has 3 aromatic rings. The first-order valence-corrected chi connectivity index (χ1v) is 12.0. The Morgan fingerprint density at radius 1 is 0.921 bits per heavy atom. The van der Waals surface area contributed by atoms with Gasteiger partial charge in [0.15, 0.2) is 15.7 Å². The molecule has 208 valence electrons. The SMILES string of the molecule is CCS(=O)(=O)c1cc(-c2ccccn2)cnc1-c1ncc([C@@H](F)C(F)(F)C(F)(F)C(F)(F)C(F)(F)F)n1C. The molecule has 3 rings (SSSR count). The number of pyridine rings is 2. The molecular formula is C21H16F10N4O2S. The van der Waals surface area contributed by atoms with Gasteiger partial charge in [0.05, 0.1) is 28.2 Å². The van der Waals surface area contributed by atoms with Crippen LogP contribution in [-0.4, -0.2) is 57.6 Å². The molecule has 0 unspecified atom stereocenters. The van der Waals surface area contributed by atoms with Crippen LogP contribution < -0.4 is 0 Å². The minimum Gasteiger partial charge on any atom is -0.327 e. The second-order valence-corrected chi connectivity index (χ2v) is 10.1. The van der Waals surface area contributed by atoms with Crippen LogP contribution in [-0.2, 0) is 16.9 Å². The highest BCUT2D eigenvalue weighted by molar-refractivity contribution is 7.91. The summed E-state index contributed by atoms with van der Waals surface area (Å²) in [6.07, 6.45) is -8.88. The lowest BCUT2D eigenvalue weighted by Crippen LogP contribution is -2.62. The van der Waals surface area contributed by atoms with Crippen molar-refractivity contribution in [3.63, 3.8) is 0 Å². The Hall–Kier alpha value is -3.24. The van der Waals surface area contributed by atoms with Crippen LogP contribution >= 0.6 is 0 Å². The zero-order chi connectivity index (χ0) is 28.9. The molecule has 0 aliphatic heterocycles. The Bertz CT molecular complexity index is 1420. The van der Waals surface area contributed by atoms with Crippen LogP contribution in [0.5, 0.6) is 0 Å². The van der Waals surface area contributed by atoms with Crippen LogP contribution in [0.1, 0.15) is 18.8 Å². The van der Waals surface area contributed by atoms with Crippen LogP contribution in [0, 0.1) is 0 Å². The molecule has 3 aromatic heterocycles. The lowest BCUT2D eigenvalue weighted by Gasteiger charge is -2.35. The Labute approximate surface area is 208 Å². The zero-order valence-electron chi connectivity index (χ0n) is 19.1. The first-order chi connectivity index (χ1) is 17.3. The number of sulfone groups is 1. The number of halogens is 10. The van der Waals surface area contributed by atoms with Gasteiger partial charge in [-0.2, -0.15) is 39.5 Å². The van der Waals surface area contributed by atoms with E-state index in [4.69, 9.17) is 0 Å². The van der Waals surface area contributed by atoms with Gasteiger partial charge in [0.1, 0.15) is 5.69 Å². The standard InChI is InChI=1S/C21H16F10N4O2S/c1-3-38(36,37)14-8-11(12-6-4-5-7-32-12)9-33-15(14)17-34-10-13(35(17)2)16(22)18(23,24)19(25,26)20(27,28)21(29,30)31/h4-10,16H,3H2,1-2H3/t16-/m1/s1. The average molecular weight is 578 g/mol. The Morgan fingerprint density at radius 3 is 2.08 bits per heavy atom. The monoisotopic (exact) mass is 578 g/mol. The Kier molecular flexibility index (Phi) is 7.33. The maximum Gasteiger partial charge on any atom is 0.460 e. The van der Waals surface area contributed by atoms with Gasteiger partial charge in [-0.15, -0.1) is 0 Å². The molecule has 3 heterocycles. The predicted molar refractivity (Wildman–Crippen MR) is 112 cm³/mol. The molecule has 0 N–H and O–H groups in total. The maximum absolute atomic E-state index is 14.7. The largest absolute Gasteiger partial charge is 0.460 e.